The molecular formula is C35H50O10. The highest BCUT2D eigenvalue weighted by atomic mass is 16.7. The molecule has 0 unspecified atom stereocenters. The van der Waals surface area contributed by atoms with Crippen LogP contribution >= 0.6 is 0 Å². The van der Waals surface area contributed by atoms with Crippen LogP contribution in [0, 0.1) is 0 Å². The van der Waals surface area contributed by atoms with Crippen molar-refractivity contribution in [2.75, 3.05) is 47.4 Å². The fraction of sp³-hybridized carbons (Fsp3) is 0.657. The second-order valence-corrected chi connectivity index (χ2v) is 12.3. The molecule has 1 N–H and O–H groups in total. The van der Waals surface area contributed by atoms with Gasteiger partial charge in [-0.2, -0.15) is 0 Å². The highest BCUT2D eigenvalue weighted by Gasteiger charge is 2.50. The first-order valence-electron chi connectivity index (χ1n) is 16.2. The second kappa shape index (κ2) is 17.3. The van der Waals surface area contributed by atoms with Gasteiger partial charge in [-0.1, -0.05) is 60.7 Å². The van der Waals surface area contributed by atoms with Gasteiger partial charge in [0.2, 0.25) is 0 Å². The van der Waals surface area contributed by atoms with Crippen LogP contribution in [-0.2, 0) is 55.8 Å². The quantitative estimate of drug-likeness (QED) is 0.195. The van der Waals surface area contributed by atoms with E-state index in [-0.39, 0.29) is 31.2 Å². The molecule has 1 spiro atoms. The topological polar surface area (TPSA) is 103 Å². The van der Waals surface area contributed by atoms with Crippen LogP contribution in [0.3, 0.4) is 0 Å². The maximum Gasteiger partial charge on any atom is 0.173 e. The van der Waals surface area contributed by atoms with Gasteiger partial charge in [0, 0.05) is 52.9 Å². The van der Waals surface area contributed by atoms with E-state index in [1.807, 2.05) is 36.4 Å². The molecule has 2 aromatic rings. The van der Waals surface area contributed by atoms with Crippen LogP contribution in [0.15, 0.2) is 60.7 Å². The van der Waals surface area contributed by atoms with Crippen LogP contribution in [-0.4, -0.2) is 94.6 Å². The molecule has 3 fully saturated rings. The molecule has 3 aliphatic rings. The summed E-state index contributed by atoms with van der Waals surface area (Å²) in [7, 11) is 3.23. The zero-order valence-electron chi connectivity index (χ0n) is 26.7. The SMILES string of the molecule is COCOC[C@H]1CC2(C[C@@H](C[C@@]3(OC)C[C@@H](O)C[C@@H](C[C@H](CCOCc4ccccc4)OCc4ccccc4)O3)O1)OCCO2. The summed E-state index contributed by atoms with van der Waals surface area (Å²) in [5.41, 5.74) is 2.24. The number of aliphatic hydroxyl groups excluding tert-OH is 1. The van der Waals surface area contributed by atoms with Crippen molar-refractivity contribution in [1.82, 2.24) is 0 Å². The average Bonchev–Trinajstić information content (AvgIpc) is 3.49. The summed E-state index contributed by atoms with van der Waals surface area (Å²) < 4.78 is 54.6. The number of rotatable bonds is 17. The first-order chi connectivity index (χ1) is 22.0. The zero-order valence-corrected chi connectivity index (χ0v) is 26.7. The Bertz CT molecular complexity index is 1100. The molecular weight excluding hydrogens is 580 g/mol. The van der Waals surface area contributed by atoms with Crippen molar-refractivity contribution < 1.29 is 47.7 Å². The molecule has 0 amide bonds. The Kier molecular flexibility index (Phi) is 13.2. The Balaban J connectivity index is 1.22. The van der Waals surface area contributed by atoms with E-state index in [1.54, 1.807) is 14.2 Å². The number of aliphatic hydroxyl groups is 1. The fourth-order valence-electron chi connectivity index (χ4n) is 6.67. The molecule has 0 radical (unpaired) electrons. The Morgan fingerprint density at radius 1 is 0.844 bits per heavy atom. The predicted octanol–water partition coefficient (Wildman–Crippen LogP) is 4.75. The van der Waals surface area contributed by atoms with E-state index in [4.69, 9.17) is 42.6 Å². The molecule has 10 heteroatoms. The van der Waals surface area contributed by atoms with Gasteiger partial charge in [0.1, 0.15) is 6.79 Å². The van der Waals surface area contributed by atoms with Gasteiger partial charge in [-0.3, -0.25) is 0 Å². The Labute approximate surface area is 267 Å². The van der Waals surface area contributed by atoms with Gasteiger partial charge in [0.25, 0.3) is 0 Å². The third-order valence-corrected chi connectivity index (χ3v) is 8.70. The summed E-state index contributed by atoms with van der Waals surface area (Å²) in [6, 6.07) is 20.3. The monoisotopic (exact) mass is 630 g/mol. The van der Waals surface area contributed by atoms with Gasteiger partial charge in [-0.05, 0) is 24.0 Å². The Morgan fingerprint density at radius 3 is 2.22 bits per heavy atom. The van der Waals surface area contributed by atoms with Crippen LogP contribution in [0.2, 0.25) is 0 Å². The Hall–Kier alpha value is -1.96. The minimum Gasteiger partial charge on any atom is -0.393 e. The molecule has 0 aromatic heterocycles. The van der Waals surface area contributed by atoms with E-state index >= 15 is 0 Å². The lowest BCUT2D eigenvalue weighted by molar-refractivity contribution is -0.315. The minimum absolute atomic E-state index is 0.136. The van der Waals surface area contributed by atoms with Gasteiger partial charge in [0.15, 0.2) is 11.6 Å². The van der Waals surface area contributed by atoms with E-state index < -0.39 is 17.7 Å². The lowest BCUT2D eigenvalue weighted by Crippen LogP contribution is -2.54. The first-order valence-corrected chi connectivity index (χ1v) is 16.2. The molecule has 5 rings (SSSR count). The summed E-state index contributed by atoms with van der Waals surface area (Å²) in [6.45, 7) is 3.21. The van der Waals surface area contributed by atoms with Crippen molar-refractivity contribution in [1.29, 1.82) is 0 Å². The summed E-state index contributed by atoms with van der Waals surface area (Å²) in [6.07, 6.45) is 2.15. The minimum atomic E-state index is -1.03. The van der Waals surface area contributed by atoms with Crippen LogP contribution in [0.25, 0.3) is 0 Å². The van der Waals surface area contributed by atoms with Gasteiger partial charge in [0.05, 0.1) is 63.6 Å². The number of hydrogen-bond donors (Lipinski definition) is 1. The highest BCUT2D eigenvalue weighted by molar-refractivity contribution is 5.14. The third-order valence-electron chi connectivity index (χ3n) is 8.70. The Morgan fingerprint density at radius 2 is 1.53 bits per heavy atom. The van der Waals surface area contributed by atoms with Crippen molar-refractivity contribution in [2.24, 2.45) is 0 Å². The molecule has 250 valence electrons. The van der Waals surface area contributed by atoms with E-state index in [1.165, 1.54) is 0 Å². The standard InChI is InChI=1S/C35H50O10/c1-37-26-40-25-33-22-35(42-15-16-43-35)21-32(44-33)20-34(38-2)19-29(36)17-31(45-34)18-30(41-24-28-11-7-4-8-12-28)13-14-39-23-27-9-5-3-6-10-27/h3-12,29-33,36H,13-26H2,1-2H3/t29-,30-,31-,32+,33+,34+/m0/s1. The lowest BCUT2D eigenvalue weighted by atomic mass is 9.88. The largest absolute Gasteiger partial charge is 0.393 e. The predicted molar refractivity (Wildman–Crippen MR) is 165 cm³/mol. The van der Waals surface area contributed by atoms with Gasteiger partial charge in [-0.25, -0.2) is 0 Å². The number of benzene rings is 2. The van der Waals surface area contributed by atoms with Gasteiger partial charge >= 0.3 is 0 Å². The molecule has 3 heterocycles. The van der Waals surface area contributed by atoms with Crippen molar-refractivity contribution in [2.45, 2.75) is 100 Å². The summed E-state index contributed by atoms with van der Waals surface area (Å²) in [4.78, 5) is 0. The normalized spacial score (nSPS) is 28.8. The maximum absolute atomic E-state index is 11.1. The van der Waals surface area contributed by atoms with Crippen molar-refractivity contribution in [3.63, 3.8) is 0 Å². The lowest BCUT2D eigenvalue weighted by Gasteiger charge is -2.47. The number of methoxy groups -OCH3 is 2. The van der Waals surface area contributed by atoms with Crippen molar-refractivity contribution in [3.8, 4) is 0 Å². The molecule has 10 nitrogen and oxygen atoms in total. The first kappa shape index (κ1) is 34.4. The van der Waals surface area contributed by atoms with E-state index in [0.29, 0.717) is 84.6 Å². The molecule has 3 saturated heterocycles. The van der Waals surface area contributed by atoms with Crippen LogP contribution in [0.1, 0.15) is 56.1 Å². The molecule has 6 atom stereocenters. The zero-order chi connectivity index (χ0) is 31.4. The highest BCUT2D eigenvalue weighted by Crippen LogP contribution is 2.42. The van der Waals surface area contributed by atoms with Gasteiger partial charge in [-0.15, -0.1) is 0 Å². The van der Waals surface area contributed by atoms with Crippen LogP contribution in [0.5, 0.6) is 0 Å². The number of ether oxygens (including phenoxy) is 9. The molecule has 0 saturated carbocycles. The summed E-state index contributed by atoms with van der Waals surface area (Å²) in [5, 5.41) is 11.1. The molecule has 0 bridgehead atoms. The van der Waals surface area contributed by atoms with Crippen LogP contribution in [0.4, 0.5) is 0 Å². The van der Waals surface area contributed by atoms with Gasteiger partial charge < -0.3 is 47.7 Å². The molecule has 2 aromatic carbocycles. The van der Waals surface area contributed by atoms with Crippen LogP contribution < -0.4 is 0 Å². The summed E-state index contributed by atoms with van der Waals surface area (Å²) in [5.74, 6) is -1.75. The second-order valence-electron chi connectivity index (χ2n) is 12.3. The van der Waals surface area contributed by atoms with E-state index in [2.05, 4.69) is 24.3 Å². The van der Waals surface area contributed by atoms with E-state index in [9.17, 15) is 5.11 Å². The molecule has 0 aliphatic carbocycles. The maximum atomic E-state index is 11.1. The van der Waals surface area contributed by atoms with Crippen molar-refractivity contribution in [3.05, 3.63) is 71.8 Å². The molecule has 3 aliphatic heterocycles. The molecule has 45 heavy (non-hydrogen) atoms. The summed E-state index contributed by atoms with van der Waals surface area (Å²) >= 11 is 0. The third kappa shape index (κ3) is 10.5. The van der Waals surface area contributed by atoms with Crippen molar-refractivity contribution >= 4 is 0 Å². The average molecular weight is 631 g/mol. The smallest absolute Gasteiger partial charge is 0.173 e. The fourth-order valence-corrected chi connectivity index (χ4v) is 6.67. The van der Waals surface area contributed by atoms with E-state index in [0.717, 1.165) is 11.1 Å². The number of hydrogen-bond acceptors (Lipinski definition) is 10.